The molecule has 0 aliphatic heterocycles. The zero-order valence-corrected chi connectivity index (χ0v) is 8.40. The van der Waals surface area contributed by atoms with Crippen LogP contribution in [0.3, 0.4) is 0 Å². The van der Waals surface area contributed by atoms with Crippen LogP contribution >= 0.6 is 24.0 Å². The van der Waals surface area contributed by atoms with Crippen LogP contribution in [0.5, 0.6) is 5.75 Å². The Balaban J connectivity index is 2.87. The molecule has 0 aliphatic carbocycles. The van der Waals surface area contributed by atoms with Gasteiger partial charge in [0, 0.05) is 10.1 Å². The lowest BCUT2D eigenvalue weighted by molar-refractivity contribution is 0.283. The maximum atomic E-state index is 9.46. The standard InChI is InChI=1S/C9H8O2S2/c10-4-5-3-7(11)8(12)6-1-2-13-9(5)6/h1-3,10-12H,4H2. The highest BCUT2D eigenvalue weighted by Crippen LogP contribution is 2.36. The Kier molecular flexibility index (Phi) is 2.19. The molecular formula is C9H8O2S2. The van der Waals surface area contributed by atoms with E-state index in [-0.39, 0.29) is 12.4 Å². The molecule has 1 heterocycles. The van der Waals surface area contributed by atoms with Crippen molar-refractivity contribution in [3.05, 3.63) is 23.1 Å². The fourth-order valence-electron chi connectivity index (χ4n) is 1.30. The van der Waals surface area contributed by atoms with Gasteiger partial charge in [0.05, 0.1) is 11.5 Å². The van der Waals surface area contributed by atoms with E-state index in [2.05, 4.69) is 12.6 Å². The van der Waals surface area contributed by atoms with Crippen LogP contribution in [-0.4, -0.2) is 10.2 Å². The minimum atomic E-state index is -0.0569. The number of fused-ring (bicyclic) bond motifs is 1. The number of hydrogen-bond acceptors (Lipinski definition) is 4. The topological polar surface area (TPSA) is 40.5 Å². The number of aromatic hydroxyl groups is 1. The monoisotopic (exact) mass is 212 g/mol. The van der Waals surface area contributed by atoms with Gasteiger partial charge in [0.25, 0.3) is 0 Å². The fourth-order valence-corrected chi connectivity index (χ4v) is 2.54. The summed E-state index contributed by atoms with van der Waals surface area (Å²) in [5.41, 5.74) is 0.750. The van der Waals surface area contributed by atoms with Gasteiger partial charge in [-0.15, -0.1) is 24.0 Å². The third-order valence-electron chi connectivity index (χ3n) is 1.94. The molecule has 2 N–H and O–H groups in total. The Bertz CT molecular complexity index is 448. The molecule has 0 amide bonds. The van der Waals surface area contributed by atoms with Crippen LogP contribution in [0.2, 0.25) is 0 Å². The van der Waals surface area contributed by atoms with Gasteiger partial charge < -0.3 is 10.2 Å². The van der Waals surface area contributed by atoms with E-state index in [1.807, 2.05) is 11.4 Å². The summed E-state index contributed by atoms with van der Waals surface area (Å²) < 4.78 is 0.991. The molecule has 0 unspecified atom stereocenters. The Morgan fingerprint density at radius 1 is 1.46 bits per heavy atom. The molecule has 0 radical (unpaired) electrons. The zero-order valence-electron chi connectivity index (χ0n) is 6.69. The van der Waals surface area contributed by atoms with Crippen LogP contribution in [0, 0.1) is 0 Å². The molecule has 4 heteroatoms. The number of phenols is 1. The molecule has 2 nitrogen and oxygen atoms in total. The first-order valence-electron chi connectivity index (χ1n) is 3.76. The van der Waals surface area contributed by atoms with Gasteiger partial charge in [0.1, 0.15) is 5.75 Å². The number of aliphatic hydroxyl groups excluding tert-OH is 1. The van der Waals surface area contributed by atoms with Crippen molar-refractivity contribution in [2.24, 2.45) is 0 Å². The van der Waals surface area contributed by atoms with Gasteiger partial charge in [0.2, 0.25) is 0 Å². The fraction of sp³-hybridized carbons (Fsp3) is 0.111. The SMILES string of the molecule is OCc1cc(O)c(S)c2ccsc12. The summed E-state index contributed by atoms with van der Waals surface area (Å²) in [5, 5.41) is 21.3. The molecule has 0 bridgehead atoms. The van der Waals surface area contributed by atoms with E-state index in [0.29, 0.717) is 4.90 Å². The van der Waals surface area contributed by atoms with E-state index in [9.17, 15) is 5.11 Å². The van der Waals surface area contributed by atoms with E-state index < -0.39 is 0 Å². The van der Waals surface area contributed by atoms with Gasteiger partial charge in [-0.2, -0.15) is 0 Å². The average Bonchev–Trinajstić information content (AvgIpc) is 2.60. The van der Waals surface area contributed by atoms with Crippen LogP contribution in [0.4, 0.5) is 0 Å². The molecule has 0 spiro atoms. The molecule has 0 atom stereocenters. The molecule has 2 rings (SSSR count). The first kappa shape index (κ1) is 8.87. The number of thiophene rings is 1. The van der Waals surface area contributed by atoms with Gasteiger partial charge in [-0.1, -0.05) is 0 Å². The van der Waals surface area contributed by atoms with Crippen molar-refractivity contribution in [2.75, 3.05) is 0 Å². The highest BCUT2D eigenvalue weighted by atomic mass is 32.1. The smallest absolute Gasteiger partial charge is 0.129 e. The minimum Gasteiger partial charge on any atom is -0.507 e. The normalized spacial score (nSPS) is 10.9. The van der Waals surface area contributed by atoms with Crippen molar-refractivity contribution in [3.63, 3.8) is 0 Å². The second kappa shape index (κ2) is 3.21. The van der Waals surface area contributed by atoms with Crippen molar-refractivity contribution in [2.45, 2.75) is 11.5 Å². The van der Waals surface area contributed by atoms with Crippen LogP contribution in [0.25, 0.3) is 10.1 Å². The lowest BCUT2D eigenvalue weighted by atomic mass is 10.1. The molecule has 1 aromatic carbocycles. The van der Waals surface area contributed by atoms with Gasteiger partial charge in [0.15, 0.2) is 0 Å². The first-order chi connectivity index (χ1) is 6.24. The average molecular weight is 212 g/mol. The number of aliphatic hydroxyl groups is 1. The van der Waals surface area contributed by atoms with Crippen molar-refractivity contribution in [1.82, 2.24) is 0 Å². The number of thiol groups is 1. The quantitative estimate of drug-likeness (QED) is 0.635. The van der Waals surface area contributed by atoms with Gasteiger partial charge in [-0.25, -0.2) is 0 Å². The van der Waals surface area contributed by atoms with Gasteiger partial charge in [-0.3, -0.25) is 0 Å². The molecule has 13 heavy (non-hydrogen) atoms. The van der Waals surface area contributed by atoms with Crippen LogP contribution < -0.4 is 0 Å². The maximum absolute atomic E-state index is 9.46. The summed E-state index contributed by atoms with van der Waals surface area (Å²) in [4.78, 5) is 0.577. The lowest BCUT2D eigenvalue weighted by Gasteiger charge is -2.03. The first-order valence-corrected chi connectivity index (χ1v) is 5.08. The van der Waals surface area contributed by atoms with Crippen LogP contribution in [-0.2, 0) is 6.61 Å². The van der Waals surface area contributed by atoms with Gasteiger partial charge in [-0.05, 0) is 23.1 Å². The van der Waals surface area contributed by atoms with Crippen LogP contribution in [0.1, 0.15) is 5.56 Å². The lowest BCUT2D eigenvalue weighted by Crippen LogP contribution is -1.84. The summed E-state index contributed by atoms with van der Waals surface area (Å²) in [5.74, 6) is 0.123. The van der Waals surface area contributed by atoms with Crippen LogP contribution in [0.15, 0.2) is 22.4 Å². The number of benzene rings is 1. The highest BCUT2D eigenvalue weighted by Gasteiger charge is 2.09. The maximum Gasteiger partial charge on any atom is 0.129 e. The van der Waals surface area contributed by atoms with E-state index in [4.69, 9.17) is 5.11 Å². The Morgan fingerprint density at radius 3 is 2.92 bits per heavy atom. The van der Waals surface area contributed by atoms with Crippen molar-refractivity contribution < 1.29 is 10.2 Å². The van der Waals surface area contributed by atoms with E-state index >= 15 is 0 Å². The molecule has 0 saturated carbocycles. The Hall–Kier alpha value is -0.710. The molecule has 0 aliphatic rings. The number of rotatable bonds is 1. The summed E-state index contributed by atoms with van der Waals surface area (Å²) in [6.07, 6.45) is 0. The number of phenolic OH excluding ortho intramolecular Hbond substituents is 1. The van der Waals surface area contributed by atoms with Crippen molar-refractivity contribution in [1.29, 1.82) is 0 Å². The molecule has 1 aromatic heterocycles. The molecule has 2 aromatic rings. The van der Waals surface area contributed by atoms with E-state index in [1.54, 1.807) is 17.4 Å². The van der Waals surface area contributed by atoms with Gasteiger partial charge >= 0.3 is 0 Å². The zero-order chi connectivity index (χ0) is 9.42. The molecular weight excluding hydrogens is 204 g/mol. The highest BCUT2D eigenvalue weighted by molar-refractivity contribution is 7.80. The summed E-state index contributed by atoms with van der Waals surface area (Å²) in [7, 11) is 0. The Labute approximate surface area is 84.9 Å². The summed E-state index contributed by atoms with van der Waals surface area (Å²) >= 11 is 5.73. The third kappa shape index (κ3) is 1.31. The second-order valence-electron chi connectivity index (χ2n) is 2.72. The number of hydrogen-bond donors (Lipinski definition) is 3. The van der Waals surface area contributed by atoms with E-state index in [0.717, 1.165) is 15.6 Å². The third-order valence-corrected chi connectivity index (χ3v) is 3.40. The summed E-state index contributed by atoms with van der Waals surface area (Å²) in [6.45, 7) is -0.0569. The predicted octanol–water partition coefficient (Wildman–Crippen LogP) is 2.39. The second-order valence-corrected chi connectivity index (χ2v) is 4.09. The molecule has 0 saturated heterocycles. The Morgan fingerprint density at radius 2 is 2.23 bits per heavy atom. The summed E-state index contributed by atoms with van der Waals surface area (Å²) in [6, 6.07) is 3.45. The largest absolute Gasteiger partial charge is 0.507 e. The minimum absolute atomic E-state index is 0.0569. The van der Waals surface area contributed by atoms with Crippen molar-refractivity contribution >= 4 is 34.1 Å². The predicted molar refractivity (Wildman–Crippen MR) is 56.7 cm³/mol. The molecule has 68 valence electrons. The van der Waals surface area contributed by atoms with E-state index in [1.165, 1.54) is 0 Å². The molecule has 0 fully saturated rings. The van der Waals surface area contributed by atoms with Crippen molar-refractivity contribution in [3.8, 4) is 5.75 Å².